The molecular formula is C28H30N4O6. The molecule has 2 amide bonds. The summed E-state index contributed by atoms with van der Waals surface area (Å²) >= 11 is 0. The van der Waals surface area contributed by atoms with Gasteiger partial charge in [-0.25, -0.2) is 9.59 Å². The van der Waals surface area contributed by atoms with E-state index in [2.05, 4.69) is 21.2 Å². The number of nitrogens with one attached hydrogen (secondary N) is 3. The number of urea groups is 1. The van der Waals surface area contributed by atoms with Crippen LogP contribution in [0.3, 0.4) is 0 Å². The summed E-state index contributed by atoms with van der Waals surface area (Å²) in [5.74, 6) is 0.220. The largest absolute Gasteiger partial charge is 0.490 e. The van der Waals surface area contributed by atoms with Crippen LogP contribution in [-0.2, 0) is 9.53 Å². The lowest BCUT2D eigenvalue weighted by molar-refractivity contribution is -0.136. The summed E-state index contributed by atoms with van der Waals surface area (Å²) < 4.78 is 16.4. The molecule has 0 spiro atoms. The van der Waals surface area contributed by atoms with Crippen LogP contribution in [0.25, 0.3) is 10.8 Å². The minimum absolute atomic E-state index is 0.108. The van der Waals surface area contributed by atoms with Crippen molar-refractivity contribution in [2.45, 2.75) is 26.1 Å². The SMILES string of the molecule is CCOc1cc([C@@H]2NC(=O)NC(C)=C2C(=O)OC)ccc1OC[C@H](O)N/N=C/c1cccc2ccccc12. The Morgan fingerprint density at radius 3 is 2.71 bits per heavy atom. The third-order valence-electron chi connectivity index (χ3n) is 5.92. The zero-order valence-electron chi connectivity index (χ0n) is 21.4. The average Bonchev–Trinajstić information content (AvgIpc) is 2.92. The highest BCUT2D eigenvalue weighted by Crippen LogP contribution is 2.34. The van der Waals surface area contributed by atoms with Gasteiger partial charge in [-0.3, -0.25) is 5.43 Å². The van der Waals surface area contributed by atoms with E-state index in [0.717, 1.165) is 16.3 Å². The van der Waals surface area contributed by atoms with Crippen LogP contribution >= 0.6 is 0 Å². The van der Waals surface area contributed by atoms with Crippen LogP contribution in [0.5, 0.6) is 11.5 Å². The van der Waals surface area contributed by atoms with Gasteiger partial charge in [0.05, 0.1) is 31.5 Å². The van der Waals surface area contributed by atoms with E-state index in [1.165, 1.54) is 7.11 Å². The van der Waals surface area contributed by atoms with Crippen molar-refractivity contribution < 1.29 is 28.9 Å². The minimum Gasteiger partial charge on any atom is -0.490 e. The highest BCUT2D eigenvalue weighted by atomic mass is 16.5. The number of carbonyl (C=O) groups excluding carboxylic acids is 2. The normalized spacial score (nSPS) is 16.1. The van der Waals surface area contributed by atoms with E-state index in [4.69, 9.17) is 14.2 Å². The van der Waals surface area contributed by atoms with E-state index in [9.17, 15) is 14.7 Å². The van der Waals surface area contributed by atoms with Crippen molar-refractivity contribution in [1.29, 1.82) is 0 Å². The summed E-state index contributed by atoms with van der Waals surface area (Å²) in [5.41, 5.74) is 4.87. The lowest BCUT2D eigenvalue weighted by Crippen LogP contribution is -2.45. The molecule has 0 unspecified atom stereocenters. The highest BCUT2D eigenvalue weighted by molar-refractivity contribution is 5.99. The fraction of sp³-hybridized carbons (Fsp3) is 0.250. The first-order chi connectivity index (χ1) is 18.4. The number of methoxy groups -OCH3 is 1. The van der Waals surface area contributed by atoms with Gasteiger partial charge in [0.15, 0.2) is 17.7 Å². The van der Waals surface area contributed by atoms with Crippen molar-refractivity contribution in [2.24, 2.45) is 5.10 Å². The van der Waals surface area contributed by atoms with Gasteiger partial charge in [0.25, 0.3) is 0 Å². The Balaban J connectivity index is 1.45. The predicted molar refractivity (Wildman–Crippen MR) is 143 cm³/mol. The van der Waals surface area contributed by atoms with Crippen molar-refractivity contribution in [3.8, 4) is 11.5 Å². The average molecular weight is 519 g/mol. The number of aliphatic hydroxyl groups is 1. The summed E-state index contributed by atoms with van der Waals surface area (Å²) in [7, 11) is 1.28. The molecule has 1 aliphatic heterocycles. The van der Waals surface area contributed by atoms with Crippen LogP contribution in [0, 0.1) is 0 Å². The lowest BCUT2D eigenvalue weighted by atomic mass is 9.95. The Labute approximate surface area is 220 Å². The van der Waals surface area contributed by atoms with Crippen LogP contribution in [0.1, 0.15) is 31.0 Å². The number of aliphatic hydroxyl groups excluding tert-OH is 1. The fourth-order valence-corrected chi connectivity index (χ4v) is 4.18. The molecular weight excluding hydrogens is 488 g/mol. The molecule has 0 bridgehead atoms. The summed E-state index contributed by atoms with van der Waals surface area (Å²) in [5, 5.41) is 22.0. The number of ether oxygens (including phenoxy) is 3. The number of rotatable bonds is 10. The van der Waals surface area contributed by atoms with Crippen molar-refractivity contribution in [3.05, 3.63) is 83.1 Å². The molecule has 4 N–H and O–H groups in total. The molecule has 38 heavy (non-hydrogen) atoms. The minimum atomic E-state index is -1.09. The summed E-state index contributed by atoms with van der Waals surface area (Å²) in [6, 6.07) is 17.8. The van der Waals surface area contributed by atoms with Crippen molar-refractivity contribution >= 4 is 29.0 Å². The van der Waals surface area contributed by atoms with Gasteiger partial charge in [0, 0.05) is 11.3 Å². The molecule has 2 atom stereocenters. The zero-order valence-corrected chi connectivity index (χ0v) is 21.4. The standard InChI is InChI=1S/C28H30N4O6/c1-4-37-23-14-19(26-25(27(34)36-3)17(2)30-28(35)31-26)12-13-22(23)38-16-24(33)32-29-15-20-10-7-9-18-8-5-6-11-21(18)20/h5-15,24,26,32-33H,4,16H2,1-3H3,(H2,30,31,35)/b29-15+/t24-,26-/m0/s1. The number of carbonyl (C=O) groups is 2. The van der Waals surface area contributed by atoms with Gasteiger partial charge < -0.3 is 30.0 Å². The van der Waals surface area contributed by atoms with Crippen LogP contribution in [0.4, 0.5) is 4.79 Å². The summed E-state index contributed by atoms with van der Waals surface area (Å²) in [6.07, 6.45) is 0.559. The van der Waals surface area contributed by atoms with Gasteiger partial charge in [0.1, 0.15) is 6.61 Å². The maximum absolute atomic E-state index is 12.4. The first-order valence-corrected chi connectivity index (χ1v) is 12.1. The van der Waals surface area contributed by atoms with Gasteiger partial charge in [-0.1, -0.05) is 48.5 Å². The number of nitrogens with zero attached hydrogens (tertiary/aromatic N) is 1. The van der Waals surface area contributed by atoms with Gasteiger partial charge in [-0.05, 0) is 42.3 Å². The first kappa shape index (κ1) is 26.5. The fourth-order valence-electron chi connectivity index (χ4n) is 4.18. The van der Waals surface area contributed by atoms with Gasteiger partial charge in [0.2, 0.25) is 0 Å². The van der Waals surface area contributed by atoms with Crippen molar-refractivity contribution in [1.82, 2.24) is 16.1 Å². The highest BCUT2D eigenvalue weighted by Gasteiger charge is 2.32. The second-order valence-electron chi connectivity index (χ2n) is 8.48. The maximum atomic E-state index is 12.4. The quantitative estimate of drug-likeness (QED) is 0.140. The van der Waals surface area contributed by atoms with Crippen molar-refractivity contribution in [2.75, 3.05) is 20.3 Å². The molecule has 4 rings (SSSR count). The van der Waals surface area contributed by atoms with E-state index >= 15 is 0 Å². The van der Waals surface area contributed by atoms with Crippen LogP contribution in [0.15, 0.2) is 77.0 Å². The molecule has 1 heterocycles. The number of benzene rings is 3. The van der Waals surface area contributed by atoms with Crippen LogP contribution in [-0.4, -0.2) is 49.9 Å². The topological polar surface area (TPSA) is 131 Å². The monoisotopic (exact) mass is 518 g/mol. The number of esters is 1. The Morgan fingerprint density at radius 2 is 1.92 bits per heavy atom. The number of hydrogen-bond acceptors (Lipinski definition) is 8. The molecule has 0 aliphatic carbocycles. The predicted octanol–water partition coefficient (Wildman–Crippen LogP) is 3.36. The number of fused-ring (bicyclic) bond motifs is 1. The molecule has 0 saturated heterocycles. The number of allylic oxidation sites excluding steroid dienone is 1. The molecule has 3 aromatic rings. The van der Waals surface area contributed by atoms with Gasteiger partial charge >= 0.3 is 12.0 Å². The van der Waals surface area contributed by atoms with Crippen LogP contribution < -0.4 is 25.5 Å². The second-order valence-corrected chi connectivity index (χ2v) is 8.48. The maximum Gasteiger partial charge on any atom is 0.337 e. The molecule has 0 radical (unpaired) electrons. The third-order valence-corrected chi connectivity index (χ3v) is 5.92. The summed E-state index contributed by atoms with van der Waals surface area (Å²) in [6.45, 7) is 3.71. The van der Waals surface area contributed by atoms with E-state index in [-0.39, 0.29) is 12.2 Å². The van der Waals surface area contributed by atoms with Gasteiger partial charge in [-0.2, -0.15) is 5.10 Å². The lowest BCUT2D eigenvalue weighted by Gasteiger charge is -2.28. The van der Waals surface area contributed by atoms with Crippen LogP contribution in [0.2, 0.25) is 0 Å². The number of hydrogen-bond donors (Lipinski definition) is 4. The third kappa shape index (κ3) is 6.04. The Bertz CT molecular complexity index is 1380. The van der Waals surface area contributed by atoms with E-state index < -0.39 is 24.3 Å². The molecule has 0 saturated carbocycles. The molecule has 1 aliphatic rings. The Kier molecular flexibility index (Phi) is 8.44. The molecule has 3 aromatic carbocycles. The molecule has 10 nitrogen and oxygen atoms in total. The zero-order chi connectivity index (χ0) is 27.1. The summed E-state index contributed by atoms with van der Waals surface area (Å²) in [4.78, 5) is 24.5. The Hall–Kier alpha value is -4.57. The number of amides is 2. The molecule has 0 fully saturated rings. The number of hydrazone groups is 1. The van der Waals surface area contributed by atoms with E-state index in [0.29, 0.717) is 29.4 Å². The van der Waals surface area contributed by atoms with E-state index in [1.54, 1.807) is 31.3 Å². The second kappa shape index (κ2) is 12.1. The molecule has 10 heteroatoms. The smallest absolute Gasteiger partial charge is 0.337 e. The Morgan fingerprint density at radius 1 is 1.13 bits per heavy atom. The van der Waals surface area contributed by atoms with Crippen molar-refractivity contribution in [3.63, 3.8) is 0 Å². The van der Waals surface area contributed by atoms with Gasteiger partial charge in [-0.15, -0.1) is 0 Å². The van der Waals surface area contributed by atoms with E-state index in [1.807, 2.05) is 49.4 Å². The molecule has 198 valence electrons. The molecule has 0 aromatic heterocycles. The first-order valence-electron chi connectivity index (χ1n) is 12.1.